The molecule has 0 saturated heterocycles. The summed E-state index contributed by atoms with van der Waals surface area (Å²) in [6.45, 7) is 5.98. The zero-order valence-electron chi connectivity index (χ0n) is 24.7. The van der Waals surface area contributed by atoms with Crippen LogP contribution in [0.4, 0.5) is 0 Å². The molecule has 0 saturated carbocycles. The van der Waals surface area contributed by atoms with Gasteiger partial charge in [0, 0.05) is 38.7 Å². The van der Waals surface area contributed by atoms with Gasteiger partial charge in [-0.3, -0.25) is 4.99 Å². The van der Waals surface area contributed by atoms with Gasteiger partial charge in [-0.25, -0.2) is 9.97 Å². The second kappa shape index (κ2) is 10.9. The number of aliphatic imine (C=N–C) groups is 1. The van der Waals surface area contributed by atoms with Crippen LogP contribution in [0.5, 0.6) is 5.75 Å². The quantitative estimate of drug-likeness (QED) is 0.190. The Hall–Kier alpha value is -6.07. The molecule has 0 bridgehead atoms. The summed E-state index contributed by atoms with van der Waals surface area (Å²) in [6, 6.07) is 45.4. The molecule has 0 spiro atoms. The lowest BCUT2D eigenvalue weighted by Gasteiger charge is -2.13. The van der Waals surface area contributed by atoms with E-state index in [4.69, 9.17) is 14.7 Å². The van der Waals surface area contributed by atoms with Crippen molar-refractivity contribution in [3.8, 4) is 34.0 Å². The Bertz CT molecular complexity index is 2310. The molecule has 0 amide bonds. The van der Waals surface area contributed by atoms with Gasteiger partial charge in [0.1, 0.15) is 17.2 Å². The largest absolute Gasteiger partial charge is 0.461 e. The van der Waals surface area contributed by atoms with Crippen LogP contribution < -0.4 is 4.74 Å². The van der Waals surface area contributed by atoms with E-state index in [1.54, 1.807) is 0 Å². The van der Waals surface area contributed by atoms with Crippen LogP contribution in [-0.2, 0) is 0 Å². The number of benzene rings is 5. The van der Waals surface area contributed by atoms with Crippen LogP contribution in [0.2, 0.25) is 0 Å². The third kappa shape index (κ3) is 4.45. The lowest BCUT2D eigenvalue weighted by atomic mass is 9.97. The zero-order chi connectivity index (χ0) is 30.3. The van der Waals surface area contributed by atoms with Crippen molar-refractivity contribution >= 4 is 39.8 Å². The number of para-hydroxylation sites is 4. The predicted molar refractivity (Wildman–Crippen MR) is 184 cm³/mol. The van der Waals surface area contributed by atoms with E-state index in [0.717, 1.165) is 72.7 Å². The summed E-state index contributed by atoms with van der Waals surface area (Å²) in [5, 5.41) is 2.09. The maximum atomic E-state index is 6.61. The van der Waals surface area contributed by atoms with Gasteiger partial charge in [0.05, 0.1) is 22.4 Å². The summed E-state index contributed by atoms with van der Waals surface area (Å²) in [5.41, 5.74) is 9.45. The monoisotopic (exact) mass is 580 g/mol. The van der Waals surface area contributed by atoms with Crippen LogP contribution in [0.1, 0.15) is 18.3 Å². The fourth-order valence-corrected chi connectivity index (χ4v) is 6.26. The highest BCUT2D eigenvalue weighted by molar-refractivity contribution is 6.07. The minimum atomic E-state index is 0.498. The molecule has 5 heteroatoms. The van der Waals surface area contributed by atoms with Gasteiger partial charge < -0.3 is 9.30 Å². The molecule has 0 atom stereocenters. The average molecular weight is 581 g/mol. The molecule has 3 heterocycles. The fourth-order valence-electron chi connectivity index (χ4n) is 6.26. The van der Waals surface area contributed by atoms with Crippen LogP contribution in [0.25, 0.3) is 61.3 Å². The fraction of sp³-hybridized carbons (Fsp3) is 0.0250. The van der Waals surface area contributed by atoms with E-state index in [2.05, 4.69) is 95.1 Å². The smallest absolute Gasteiger partial charge is 0.179 e. The van der Waals surface area contributed by atoms with Crippen LogP contribution in [0.15, 0.2) is 150 Å². The van der Waals surface area contributed by atoms with Gasteiger partial charge in [0.15, 0.2) is 5.82 Å². The highest BCUT2D eigenvalue weighted by Gasteiger charge is 2.28. The molecule has 214 valence electrons. The molecule has 45 heavy (non-hydrogen) atoms. The van der Waals surface area contributed by atoms with Crippen LogP contribution in [0, 0.1) is 0 Å². The molecule has 0 fully saturated rings. The molecule has 5 nitrogen and oxygen atoms in total. The SMILES string of the molecule is C=N/C(=C\C1=C(C)Oc2ccccc2-c2c1c1ccccc1n2-c1ccccc1)c1nc(-c2ccccc2)c2ccccc2n1. The zero-order valence-corrected chi connectivity index (χ0v) is 24.7. The summed E-state index contributed by atoms with van der Waals surface area (Å²) in [5.74, 6) is 2.04. The summed E-state index contributed by atoms with van der Waals surface area (Å²) < 4.78 is 8.93. The number of rotatable bonds is 5. The predicted octanol–water partition coefficient (Wildman–Crippen LogP) is 9.77. The minimum Gasteiger partial charge on any atom is -0.461 e. The molecule has 1 aliphatic heterocycles. The summed E-state index contributed by atoms with van der Waals surface area (Å²) in [7, 11) is 0. The molecule has 5 aromatic carbocycles. The van der Waals surface area contributed by atoms with Gasteiger partial charge in [-0.2, -0.15) is 0 Å². The molecule has 2 aromatic heterocycles. The second-order valence-corrected chi connectivity index (χ2v) is 10.9. The number of aromatic nitrogens is 3. The van der Waals surface area contributed by atoms with Gasteiger partial charge in [0.25, 0.3) is 0 Å². The summed E-state index contributed by atoms with van der Waals surface area (Å²) in [4.78, 5) is 14.6. The molecular formula is C40H28N4O. The van der Waals surface area contributed by atoms with E-state index < -0.39 is 0 Å². The highest BCUT2D eigenvalue weighted by atomic mass is 16.5. The van der Waals surface area contributed by atoms with E-state index in [0.29, 0.717) is 11.5 Å². The number of hydrogen-bond acceptors (Lipinski definition) is 4. The Kier molecular flexibility index (Phi) is 6.42. The number of nitrogens with zero attached hydrogens (tertiary/aromatic N) is 4. The van der Waals surface area contributed by atoms with E-state index in [9.17, 15) is 0 Å². The van der Waals surface area contributed by atoms with Crippen molar-refractivity contribution < 1.29 is 4.74 Å². The Balaban J connectivity index is 1.42. The first-order valence-corrected chi connectivity index (χ1v) is 14.9. The molecule has 0 unspecified atom stereocenters. The van der Waals surface area contributed by atoms with Crippen molar-refractivity contribution in [3.63, 3.8) is 0 Å². The normalized spacial score (nSPS) is 12.9. The van der Waals surface area contributed by atoms with E-state index in [-0.39, 0.29) is 0 Å². The topological polar surface area (TPSA) is 52.3 Å². The molecule has 0 N–H and O–H groups in total. The van der Waals surface area contributed by atoms with Crippen molar-refractivity contribution in [2.45, 2.75) is 6.92 Å². The molecule has 1 aliphatic rings. The standard InChI is InChI=1S/C40H28N4O/c1-26-32(25-34(41-2)40-42-33-22-12-9-19-29(33)38(43-40)27-15-5-3-6-16-27)37-30-20-10-13-23-35(30)44(28-17-7-4-8-18-28)39(37)31-21-11-14-24-36(31)45-26/h3-25H,2H2,1H3/b34-25-. The van der Waals surface area contributed by atoms with Crippen molar-refractivity contribution in [3.05, 3.63) is 157 Å². The lowest BCUT2D eigenvalue weighted by molar-refractivity contribution is 0.433. The summed E-state index contributed by atoms with van der Waals surface area (Å²) >= 11 is 0. The van der Waals surface area contributed by atoms with E-state index in [1.807, 2.05) is 67.6 Å². The van der Waals surface area contributed by atoms with Gasteiger partial charge >= 0.3 is 0 Å². The van der Waals surface area contributed by atoms with Gasteiger partial charge in [-0.05, 0) is 56.1 Å². The Morgan fingerprint density at radius 2 is 1.40 bits per heavy atom. The van der Waals surface area contributed by atoms with Crippen LogP contribution in [-0.4, -0.2) is 21.3 Å². The van der Waals surface area contributed by atoms with Crippen molar-refractivity contribution in [1.82, 2.24) is 14.5 Å². The van der Waals surface area contributed by atoms with Gasteiger partial charge in [-0.1, -0.05) is 97.1 Å². The molecule has 0 aliphatic carbocycles. The molecule has 0 radical (unpaired) electrons. The third-order valence-corrected chi connectivity index (χ3v) is 8.27. The van der Waals surface area contributed by atoms with Crippen molar-refractivity contribution in [1.29, 1.82) is 0 Å². The highest BCUT2D eigenvalue weighted by Crippen LogP contribution is 2.47. The summed E-state index contributed by atoms with van der Waals surface area (Å²) in [6.07, 6.45) is 2.02. The number of fused-ring (bicyclic) bond motifs is 6. The molecule has 8 rings (SSSR count). The van der Waals surface area contributed by atoms with E-state index in [1.165, 1.54) is 0 Å². The van der Waals surface area contributed by atoms with Crippen LogP contribution >= 0.6 is 0 Å². The lowest BCUT2D eigenvalue weighted by Crippen LogP contribution is -1.99. The van der Waals surface area contributed by atoms with E-state index >= 15 is 0 Å². The first kappa shape index (κ1) is 26.5. The first-order chi connectivity index (χ1) is 22.2. The van der Waals surface area contributed by atoms with Crippen molar-refractivity contribution in [2.24, 2.45) is 4.99 Å². The van der Waals surface area contributed by atoms with Crippen LogP contribution in [0.3, 0.4) is 0 Å². The maximum Gasteiger partial charge on any atom is 0.179 e. The van der Waals surface area contributed by atoms with Gasteiger partial charge in [-0.15, -0.1) is 0 Å². The second-order valence-electron chi connectivity index (χ2n) is 10.9. The Labute approximate surface area is 261 Å². The number of hydrogen-bond donors (Lipinski definition) is 0. The maximum absolute atomic E-state index is 6.61. The average Bonchev–Trinajstić information content (AvgIpc) is 3.38. The number of ether oxygens (including phenoxy) is 1. The Morgan fingerprint density at radius 1 is 0.733 bits per heavy atom. The molecule has 7 aromatic rings. The van der Waals surface area contributed by atoms with Gasteiger partial charge in [0.2, 0.25) is 0 Å². The minimum absolute atomic E-state index is 0.498. The van der Waals surface area contributed by atoms with Crippen molar-refractivity contribution in [2.75, 3.05) is 0 Å². The third-order valence-electron chi connectivity index (χ3n) is 8.27. The molecular weight excluding hydrogens is 552 g/mol. The number of allylic oxidation sites excluding steroid dienone is 3. The first-order valence-electron chi connectivity index (χ1n) is 14.9. The Morgan fingerprint density at radius 3 is 2.20 bits per heavy atom.